The molecule has 1 aromatic rings. The van der Waals surface area contributed by atoms with E-state index in [-0.39, 0.29) is 24.0 Å². The minimum atomic E-state index is 0. The molecule has 0 spiro atoms. The van der Waals surface area contributed by atoms with E-state index in [1.54, 1.807) is 11.3 Å². The van der Waals surface area contributed by atoms with Crippen LogP contribution in [0, 0.1) is 5.92 Å². The van der Waals surface area contributed by atoms with Crippen LogP contribution in [0.1, 0.15) is 57.7 Å². The average Bonchev–Trinajstić information content (AvgIpc) is 2.86. The number of nitrogens with one attached hydrogen (secondary N) is 1. The number of rotatable bonds is 9. The van der Waals surface area contributed by atoms with Gasteiger partial charge in [-0.3, -0.25) is 4.99 Å². The van der Waals surface area contributed by atoms with Crippen LogP contribution < -0.4 is 11.1 Å². The number of aliphatic imine (C=N–C) groups is 1. The smallest absolute Gasteiger partial charge is 0.188 e. The van der Waals surface area contributed by atoms with Crippen LogP contribution in [0.2, 0.25) is 0 Å². The first-order valence-electron chi connectivity index (χ1n) is 8.01. The van der Waals surface area contributed by atoms with E-state index in [0.29, 0.717) is 18.5 Å². The molecule has 3 N–H and O–H groups in total. The number of aromatic nitrogens is 1. The molecular weight excluding hydrogens is 407 g/mol. The number of thiazole rings is 1. The maximum absolute atomic E-state index is 5.92. The molecule has 0 aliphatic rings. The Hall–Kier alpha value is -0.370. The van der Waals surface area contributed by atoms with Crippen molar-refractivity contribution < 1.29 is 0 Å². The number of hydrogen-bond acceptors (Lipinski definition) is 3. The highest BCUT2D eigenvalue weighted by molar-refractivity contribution is 14.0. The van der Waals surface area contributed by atoms with Crippen molar-refractivity contribution in [1.82, 2.24) is 10.3 Å². The van der Waals surface area contributed by atoms with Crippen molar-refractivity contribution in [3.05, 3.63) is 16.1 Å². The Morgan fingerprint density at radius 3 is 2.68 bits per heavy atom. The molecule has 1 rings (SSSR count). The summed E-state index contributed by atoms with van der Waals surface area (Å²) in [5.74, 6) is 1.33. The quantitative estimate of drug-likeness (QED) is 0.348. The maximum Gasteiger partial charge on any atom is 0.188 e. The molecule has 0 saturated heterocycles. The summed E-state index contributed by atoms with van der Waals surface area (Å²) in [7, 11) is 0. The Bertz CT molecular complexity index is 432. The zero-order valence-corrected chi connectivity index (χ0v) is 17.4. The Labute approximate surface area is 156 Å². The predicted molar refractivity (Wildman–Crippen MR) is 108 cm³/mol. The molecule has 4 nitrogen and oxygen atoms in total. The van der Waals surface area contributed by atoms with Gasteiger partial charge in [0.2, 0.25) is 0 Å². The molecule has 1 unspecified atom stereocenters. The molecule has 0 aromatic carbocycles. The highest BCUT2D eigenvalue weighted by Crippen LogP contribution is 2.10. The second-order valence-corrected chi connectivity index (χ2v) is 6.92. The van der Waals surface area contributed by atoms with E-state index < -0.39 is 0 Å². The molecule has 0 fully saturated rings. The highest BCUT2D eigenvalue weighted by Gasteiger charge is 2.04. The number of nitrogens with two attached hydrogens (primary N) is 1. The zero-order chi connectivity index (χ0) is 15.7. The third kappa shape index (κ3) is 9.61. The fourth-order valence-corrected chi connectivity index (χ4v) is 2.90. The molecule has 0 aliphatic carbocycles. The third-order valence-electron chi connectivity index (χ3n) is 3.36. The lowest BCUT2D eigenvalue weighted by Gasteiger charge is -2.14. The number of hydrogen-bond donors (Lipinski definition) is 2. The Morgan fingerprint density at radius 2 is 2.09 bits per heavy atom. The molecule has 0 amide bonds. The van der Waals surface area contributed by atoms with Gasteiger partial charge in [0, 0.05) is 24.4 Å². The summed E-state index contributed by atoms with van der Waals surface area (Å²) in [6.45, 7) is 9.51. The van der Waals surface area contributed by atoms with Crippen LogP contribution in [0.3, 0.4) is 0 Å². The van der Waals surface area contributed by atoms with Crippen molar-refractivity contribution in [2.24, 2.45) is 16.6 Å². The highest BCUT2D eigenvalue weighted by atomic mass is 127. The normalized spacial score (nSPS) is 13.0. The van der Waals surface area contributed by atoms with Crippen molar-refractivity contribution >= 4 is 41.3 Å². The molecule has 128 valence electrons. The molecule has 22 heavy (non-hydrogen) atoms. The lowest BCUT2D eigenvalue weighted by molar-refractivity contribution is 0.493. The first-order valence-corrected chi connectivity index (χ1v) is 8.89. The van der Waals surface area contributed by atoms with Gasteiger partial charge in [0.05, 0.1) is 10.7 Å². The summed E-state index contributed by atoms with van der Waals surface area (Å²) in [5.41, 5.74) is 7.05. The molecule has 0 aliphatic heterocycles. The van der Waals surface area contributed by atoms with Gasteiger partial charge in [-0.05, 0) is 25.7 Å². The molecule has 6 heteroatoms. The average molecular weight is 438 g/mol. The molecule has 1 atom stereocenters. The number of nitrogens with zero attached hydrogens (tertiary/aromatic N) is 2. The number of aryl methyl sites for hydroxylation is 1. The van der Waals surface area contributed by atoms with E-state index in [2.05, 4.69) is 48.4 Å². The van der Waals surface area contributed by atoms with Crippen molar-refractivity contribution in [1.29, 1.82) is 0 Å². The summed E-state index contributed by atoms with van der Waals surface area (Å²) >= 11 is 1.72. The van der Waals surface area contributed by atoms with Gasteiger partial charge in [-0.15, -0.1) is 35.3 Å². The van der Waals surface area contributed by atoms with Gasteiger partial charge in [-0.1, -0.05) is 33.6 Å². The van der Waals surface area contributed by atoms with Crippen LogP contribution in [-0.2, 0) is 12.8 Å². The van der Waals surface area contributed by atoms with Crippen molar-refractivity contribution in [2.75, 3.05) is 6.54 Å². The standard InChI is InChI=1S/C16H30N4S.HI/c1-5-15-20-14(11-21-15)9-10-18-16(17)19-13(4)8-6-7-12(2)3;/h11-13H,5-10H2,1-4H3,(H3,17,18,19);1H. The lowest BCUT2D eigenvalue weighted by atomic mass is 10.0. The summed E-state index contributed by atoms with van der Waals surface area (Å²) in [6.07, 6.45) is 5.51. The van der Waals surface area contributed by atoms with Crippen LogP contribution in [-0.4, -0.2) is 23.5 Å². The van der Waals surface area contributed by atoms with Gasteiger partial charge >= 0.3 is 0 Å². The van der Waals surface area contributed by atoms with Gasteiger partial charge < -0.3 is 11.1 Å². The van der Waals surface area contributed by atoms with Gasteiger partial charge in [-0.2, -0.15) is 0 Å². The van der Waals surface area contributed by atoms with Gasteiger partial charge in [0.25, 0.3) is 0 Å². The SMILES string of the molecule is CCc1nc(CCN=C(N)NC(C)CCCC(C)C)cs1.I. The summed E-state index contributed by atoms with van der Waals surface area (Å²) in [4.78, 5) is 8.92. The van der Waals surface area contributed by atoms with Crippen molar-refractivity contribution in [3.8, 4) is 0 Å². The van der Waals surface area contributed by atoms with Gasteiger partial charge in [0.15, 0.2) is 5.96 Å². The monoisotopic (exact) mass is 438 g/mol. The molecule has 1 aromatic heterocycles. The number of guanidine groups is 1. The Balaban J connectivity index is 0.00000441. The van der Waals surface area contributed by atoms with E-state index in [1.165, 1.54) is 17.8 Å². The Morgan fingerprint density at radius 1 is 1.36 bits per heavy atom. The van der Waals surface area contributed by atoms with E-state index in [4.69, 9.17) is 5.73 Å². The third-order valence-corrected chi connectivity index (χ3v) is 4.41. The molecule has 0 bridgehead atoms. The topological polar surface area (TPSA) is 63.3 Å². The van der Waals surface area contributed by atoms with Crippen LogP contribution in [0.15, 0.2) is 10.4 Å². The van der Waals surface area contributed by atoms with Crippen LogP contribution in [0.25, 0.3) is 0 Å². The van der Waals surface area contributed by atoms with E-state index in [9.17, 15) is 0 Å². The minimum Gasteiger partial charge on any atom is -0.370 e. The first-order chi connectivity index (χ1) is 10.0. The summed E-state index contributed by atoms with van der Waals surface area (Å²) < 4.78 is 0. The minimum absolute atomic E-state index is 0. The fourth-order valence-electron chi connectivity index (χ4n) is 2.12. The molecule has 1 heterocycles. The second-order valence-electron chi connectivity index (χ2n) is 5.97. The molecule has 0 radical (unpaired) electrons. The van der Waals surface area contributed by atoms with Crippen molar-refractivity contribution in [3.63, 3.8) is 0 Å². The number of halogens is 1. The van der Waals surface area contributed by atoms with Gasteiger partial charge in [-0.25, -0.2) is 4.98 Å². The Kier molecular flexibility index (Phi) is 11.9. The van der Waals surface area contributed by atoms with Crippen molar-refractivity contribution in [2.45, 2.75) is 65.8 Å². The van der Waals surface area contributed by atoms with Gasteiger partial charge in [0.1, 0.15) is 0 Å². The summed E-state index contributed by atoms with van der Waals surface area (Å²) in [5, 5.41) is 6.58. The second kappa shape index (κ2) is 12.1. The van der Waals surface area contributed by atoms with Crippen LogP contribution in [0.5, 0.6) is 0 Å². The lowest BCUT2D eigenvalue weighted by Crippen LogP contribution is -2.38. The zero-order valence-electron chi connectivity index (χ0n) is 14.3. The molecule has 0 saturated carbocycles. The maximum atomic E-state index is 5.92. The largest absolute Gasteiger partial charge is 0.370 e. The van der Waals surface area contributed by atoms with E-state index in [0.717, 1.165) is 30.9 Å². The summed E-state index contributed by atoms with van der Waals surface area (Å²) in [6, 6.07) is 0.387. The fraction of sp³-hybridized carbons (Fsp3) is 0.750. The van der Waals surface area contributed by atoms with E-state index in [1.807, 2.05) is 0 Å². The predicted octanol–water partition coefficient (Wildman–Crippen LogP) is 3.99. The van der Waals surface area contributed by atoms with Crippen LogP contribution >= 0.6 is 35.3 Å². The first kappa shape index (κ1) is 21.6. The molecular formula is C16H31IN4S. The van der Waals surface area contributed by atoms with E-state index >= 15 is 0 Å². The van der Waals surface area contributed by atoms with Crippen LogP contribution in [0.4, 0.5) is 0 Å².